The summed E-state index contributed by atoms with van der Waals surface area (Å²) in [4.78, 5) is 14.0. The predicted octanol–water partition coefficient (Wildman–Crippen LogP) is 8.40. The number of unbranched alkanes of at least 4 members (excludes halogenated alkanes) is 2. The van der Waals surface area contributed by atoms with Gasteiger partial charge >= 0.3 is 0 Å². The standard InChI is InChI=1S/C27H39NO3S2/c1-6-10-12-20(8-3)17-30-23-14-15-24(31-18-21(9-4)13-11-7-2)26-25(23)32-27(33-26)22(16-28)19(5)29/h14-15,20-21H,6-13,17-18H2,1-5H3. The van der Waals surface area contributed by atoms with Gasteiger partial charge in [-0.1, -0.05) is 89.7 Å². The summed E-state index contributed by atoms with van der Waals surface area (Å²) in [7, 11) is 0. The summed E-state index contributed by atoms with van der Waals surface area (Å²) in [6.45, 7) is 11.7. The SMILES string of the molecule is CCCCC(CC)COc1ccc(OCC(CC)CCCC)c2c1SC(=C(C#N)C(C)=O)S2. The van der Waals surface area contributed by atoms with Crippen LogP contribution in [0.4, 0.5) is 0 Å². The maximum Gasteiger partial charge on any atom is 0.172 e. The smallest absolute Gasteiger partial charge is 0.172 e. The van der Waals surface area contributed by atoms with E-state index in [0.717, 1.165) is 38.4 Å². The number of Topliss-reactive ketones (excluding diaryl/α,β-unsaturated/α-hetero) is 1. The third kappa shape index (κ3) is 8.00. The Morgan fingerprint density at radius 2 is 1.36 bits per heavy atom. The Morgan fingerprint density at radius 1 is 0.909 bits per heavy atom. The van der Waals surface area contributed by atoms with Gasteiger partial charge in [-0.25, -0.2) is 0 Å². The van der Waals surface area contributed by atoms with Crippen molar-refractivity contribution in [3.05, 3.63) is 21.9 Å². The zero-order chi connectivity index (χ0) is 24.2. The molecule has 0 N–H and O–H groups in total. The summed E-state index contributed by atoms with van der Waals surface area (Å²) < 4.78 is 13.3. The maximum atomic E-state index is 12.0. The molecule has 1 heterocycles. The Labute approximate surface area is 208 Å². The zero-order valence-corrected chi connectivity index (χ0v) is 22.5. The van der Waals surface area contributed by atoms with Crippen LogP contribution in [0.5, 0.6) is 11.5 Å². The third-order valence-corrected chi connectivity index (χ3v) is 8.76. The van der Waals surface area contributed by atoms with Gasteiger partial charge in [-0.3, -0.25) is 4.79 Å². The highest BCUT2D eigenvalue weighted by atomic mass is 32.2. The molecule has 182 valence electrons. The first-order valence-electron chi connectivity index (χ1n) is 12.4. The molecule has 1 aliphatic rings. The molecule has 2 atom stereocenters. The highest BCUT2D eigenvalue weighted by Gasteiger charge is 2.30. The number of ketones is 1. The molecule has 0 radical (unpaired) electrons. The van der Waals surface area contributed by atoms with Crippen LogP contribution in [0.3, 0.4) is 0 Å². The van der Waals surface area contributed by atoms with Crippen LogP contribution in [-0.4, -0.2) is 19.0 Å². The van der Waals surface area contributed by atoms with Crippen LogP contribution in [0.25, 0.3) is 0 Å². The van der Waals surface area contributed by atoms with E-state index in [4.69, 9.17) is 9.47 Å². The lowest BCUT2D eigenvalue weighted by atomic mass is 10.0. The van der Waals surface area contributed by atoms with Crippen molar-refractivity contribution in [2.45, 2.75) is 95.8 Å². The lowest BCUT2D eigenvalue weighted by Crippen LogP contribution is -2.13. The van der Waals surface area contributed by atoms with Crippen molar-refractivity contribution in [3.63, 3.8) is 0 Å². The minimum Gasteiger partial charge on any atom is -0.492 e. The zero-order valence-electron chi connectivity index (χ0n) is 20.9. The molecule has 0 aliphatic carbocycles. The number of hydrogen-bond donors (Lipinski definition) is 0. The molecule has 4 nitrogen and oxygen atoms in total. The van der Waals surface area contributed by atoms with Crippen LogP contribution < -0.4 is 9.47 Å². The Bertz CT molecular complexity index is 809. The van der Waals surface area contributed by atoms with Crippen molar-refractivity contribution in [2.75, 3.05) is 13.2 Å². The molecule has 0 aromatic heterocycles. The summed E-state index contributed by atoms with van der Waals surface area (Å²) in [6.07, 6.45) is 9.33. The fraction of sp³-hybridized carbons (Fsp3) is 0.630. The third-order valence-electron chi connectivity index (χ3n) is 6.13. The first-order chi connectivity index (χ1) is 16.0. The van der Waals surface area contributed by atoms with Gasteiger partial charge in [0, 0.05) is 0 Å². The van der Waals surface area contributed by atoms with Crippen molar-refractivity contribution in [1.82, 2.24) is 0 Å². The number of ether oxygens (including phenoxy) is 2. The number of allylic oxidation sites excluding steroid dienone is 1. The number of nitriles is 1. The van der Waals surface area contributed by atoms with Gasteiger partial charge in [-0.2, -0.15) is 5.26 Å². The number of hydrogen-bond acceptors (Lipinski definition) is 6. The molecule has 0 saturated carbocycles. The van der Waals surface area contributed by atoms with Crippen LogP contribution in [0, 0.1) is 23.2 Å². The van der Waals surface area contributed by atoms with Crippen molar-refractivity contribution in [3.8, 4) is 17.6 Å². The second kappa shape index (κ2) is 14.6. The van der Waals surface area contributed by atoms with E-state index in [1.807, 2.05) is 12.1 Å². The van der Waals surface area contributed by atoms with E-state index in [9.17, 15) is 10.1 Å². The molecule has 0 spiro atoms. The van der Waals surface area contributed by atoms with Crippen LogP contribution in [0.1, 0.15) is 86.0 Å². The molecule has 0 amide bonds. The minimum atomic E-state index is -0.207. The average molecular weight is 490 g/mol. The molecule has 2 rings (SSSR count). The lowest BCUT2D eigenvalue weighted by molar-refractivity contribution is -0.113. The number of thioether (sulfide) groups is 2. The van der Waals surface area contributed by atoms with Crippen molar-refractivity contribution in [1.29, 1.82) is 5.26 Å². The molecule has 2 unspecified atom stereocenters. The monoisotopic (exact) mass is 489 g/mol. The second-order valence-corrected chi connectivity index (χ2v) is 11.0. The molecule has 6 heteroatoms. The first kappa shape index (κ1) is 27.7. The second-order valence-electron chi connectivity index (χ2n) is 8.71. The van der Waals surface area contributed by atoms with Gasteiger partial charge in [0.2, 0.25) is 0 Å². The molecule has 1 aromatic carbocycles. The van der Waals surface area contributed by atoms with Gasteiger partial charge in [-0.05, 0) is 43.7 Å². The number of nitrogens with zero attached hydrogens (tertiary/aromatic N) is 1. The molecular weight excluding hydrogens is 450 g/mol. The maximum absolute atomic E-state index is 12.0. The van der Waals surface area contributed by atoms with E-state index in [-0.39, 0.29) is 11.4 Å². The predicted molar refractivity (Wildman–Crippen MR) is 139 cm³/mol. The molecule has 0 fully saturated rings. The van der Waals surface area contributed by atoms with Crippen molar-refractivity contribution in [2.24, 2.45) is 11.8 Å². The first-order valence-corrected chi connectivity index (χ1v) is 14.1. The van der Waals surface area contributed by atoms with E-state index in [1.165, 1.54) is 69.0 Å². The Hall–Kier alpha value is -1.58. The van der Waals surface area contributed by atoms with Crippen LogP contribution >= 0.6 is 23.5 Å². The fourth-order valence-electron chi connectivity index (χ4n) is 3.74. The van der Waals surface area contributed by atoms with Gasteiger partial charge < -0.3 is 9.47 Å². The summed E-state index contributed by atoms with van der Waals surface area (Å²) in [6, 6.07) is 6.07. The van der Waals surface area contributed by atoms with Crippen LogP contribution in [0.2, 0.25) is 0 Å². The highest BCUT2D eigenvalue weighted by Crippen LogP contribution is 2.59. The average Bonchev–Trinajstić information content (AvgIpc) is 3.25. The fourth-order valence-corrected chi connectivity index (χ4v) is 6.45. The molecule has 1 aromatic rings. The number of carbonyl (C=O) groups is 1. The Kier molecular flexibility index (Phi) is 12.3. The number of carbonyl (C=O) groups excluding carboxylic acids is 1. The summed E-state index contributed by atoms with van der Waals surface area (Å²) in [5.41, 5.74) is 0.210. The summed E-state index contributed by atoms with van der Waals surface area (Å²) >= 11 is 2.93. The van der Waals surface area contributed by atoms with Gasteiger partial charge in [0.1, 0.15) is 23.1 Å². The summed E-state index contributed by atoms with van der Waals surface area (Å²) in [5.74, 6) is 2.49. The van der Waals surface area contributed by atoms with E-state index in [2.05, 4.69) is 33.8 Å². The Morgan fingerprint density at radius 3 is 1.70 bits per heavy atom. The van der Waals surface area contributed by atoms with Gasteiger partial charge in [0.25, 0.3) is 0 Å². The normalized spacial score (nSPS) is 14.4. The number of fused-ring (bicyclic) bond motifs is 1. The molecule has 1 aliphatic heterocycles. The number of benzene rings is 1. The minimum absolute atomic E-state index is 0.207. The largest absolute Gasteiger partial charge is 0.492 e. The molecule has 0 saturated heterocycles. The lowest BCUT2D eigenvalue weighted by Gasteiger charge is -2.19. The molecular formula is C27H39NO3S2. The molecule has 33 heavy (non-hydrogen) atoms. The Balaban J connectivity index is 2.28. The van der Waals surface area contributed by atoms with Crippen molar-refractivity contribution >= 4 is 29.3 Å². The molecule has 0 bridgehead atoms. The number of rotatable bonds is 15. The van der Waals surface area contributed by atoms with Crippen LogP contribution in [-0.2, 0) is 4.79 Å². The van der Waals surface area contributed by atoms with Gasteiger partial charge in [0.05, 0.1) is 27.2 Å². The van der Waals surface area contributed by atoms with E-state index in [1.54, 1.807) is 0 Å². The quantitative estimate of drug-likeness (QED) is 0.182. The van der Waals surface area contributed by atoms with Crippen LogP contribution in [0.15, 0.2) is 31.7 Å². The van der Waals surface area contributed by atoms with Crippen molar-refractivity contribution < 1.29 is 14.3 Å². The van der Waals surface area contributed by atoms with Gasteiger partial charge in [0.15, 0.2) is 5.78 Å². The summed E-state index contributed by atoms with van der Waals surface area (Å²) in [5, 5.41) is 9.54. The van der Waals surface area contributed by atoms with E-state index < -0.39 is 0 Å². The van der Waals surface area contributed by atoms with E-state index >= 15 is 0 Å². The van der Waals surface area contributed by atoms with E-state index in [0.29, 0.717) is 25.0 Å². The highest BCUT2D eigenvalue weighted by molar-refractivity contribution is 8.24. The topological polar surface area (TPSA) is 59.3 Å². The van der Waals surface area contributed by atoms with Gasteiger partial charge in [-0.15, -0.1) is 0 Å².